The highest BCUT2D eigenvalue weighted by Crippen LogP contribution is 2.22. The topological polar surface area (TPSA) is 55.0 Å². The average Bonchev–Trinajstić information content (AvgIpc) is 2.87. The second kappa shape index (κ2) is 4.74. The van der Waals surface area contributed by atoms with E-state index in [2.05, 4.69) is 27.0 Å². The van der Waals surface area contributed by atoms with Gasteiger partial charge in [-0.3, -0.25) is 0 Å². The molecule has 4 heteroatoms. The Bertz CT molecular complexity index is 526. The zero-order valence-electron chi connectivity index (χ0n) is 10.2. The molecule has 18 heavy (non-hydrogen) atoms. The molecule has 1 atom stereocenters. The lowest BCUT2D eigenvalue weighted by Crippen LogP contribution is -2.26. The molecule has 1 saturated heterocycles. The van der Waals surface area contributed by atoms with Crippen molar-refractivity contribution >= 4 is 5.82 Å². The van der Waals surface area contributed by atoms with E-state index in [9.17, 15) is 0 Å². The molecule has 0 radical (unpaired) electrons. The molecule has 1 fully saturated rings. The first-order chi connectivity index (χ1) is 8.83. The maximum atomic E-state index is 5.93. The van der Waals surface area contributed by atoms with Crippen LogP contribution in [0.5, 0.6) is 0 Å². The molecule has 2 heterocycles. The number of rotatable bonds is 2. The Morgan fingerprint density at radius 1 is 1.17 bits per heavy atom. The second-order valence-electron chi connectivity index (χ2n) is 4.62. The zero-order valence-corrected chi connectivity index (χ0v) is 10.2. The number of hydrogen-bond donors (Lipinski definition) is 1. The Morgan fingerprint density at radius 3 is 2.72 bits per heavy atom. The van der Waals surface area contributed by atoms with E-state index in [4.69, 9.17) is 5.73 Å². The van der Waals surface area contributed by atoms with Crippen LogP contribution in [0.2, 0.25) is 0 Å². The van der Waals surface area contributed by atoms with Gasteiger partial charge >= 0.3 is 0 Å². The van der Waals surface area contributed by atoms with E-state index in [-0.39, 0.29) is 6.04 Å². The minimum atomic E-state index is 0.264. The molecule has 1 aromatic heterocycles. The van der Waals surface area contributed by atoms with E-state index in [0.29, 0.717) is 0 Å². The summed E-state index contributed by atoms with van der Waals surface area (Å²) >= 11 is 0. The first kappa shape index (κ1) is 11.2. The van der Waals surface area contributed by atoms with E-state index in [1.54, 1.807) is 6.33 Å². The molecule has 0 amide bonds. The van der Waals surface area contributed by atoms with Crippen molar-refractivity contribution in [3.63, 3.8) is 0 Å². The van der Waals surface area contributed by atoms with E-state index in [1.807, 2.05) is 24.3 Å². The summed E-state index contributed by atoms with van der Waals surface area (Å²) in [4.78, 5) is 10.9. The van der Waals surface area contributed by atoms with Crippen LogP contribution < -0.4 is 10.6 Å². The quantitative estimate of drug-likeness (QED) is 0.867. The molecule has 1 aliphatic heterocycles. The molecule has 1 aliphatic rings. The number of benzene rings is 1. The summed E-state index contributed by atoms with van der Waals surface area (Å²) in [6, 6.07) is 12.5. The monoisotopic (exact) mass is 240 g/mol. The molecule has 92 valence electrons. The molecule has 1 unspecified atom stereocenters. The summed E-state index contributed by atoms with van der Waals surface area (Å²) in [6.45, 7) is 1.86. The molecular weight excluding hydrogens is 224 g/mol. The van der Waals surface area contributed by atoms with Crippen LogP contribution in [0.15, 0.2) is 42.7 Å². The van der Waals surface area contributed by atoms with Crippen molar-refractivity contribution in [3.8, 4) is 11.3 Å². The van der Waals surface area contributed by atoms with Crippen LogP contribution in [0, 0.1) is 0 Å². The predicted molar refractivity (Wildman–Crippen MR) is 72.3 cm³/mol. The lowest BCUT2D eigenvalue weighted by Gasteiger charge is -2.16. The van der Waals surface area contributed by atoms with Gasteiger partial charge in [0.1, 0.15) is 12.1 Å². The Kier molecular flexibility index (Phi) is 2.94. The minimum absolute atomic E-state index is 0.264. The summed E-state index contributed by atoms with van der Waals surface area (Å²) < 4.78 is 0. The molecule has 2 N–H and O–H groups in total. The molecule has 3 rings (SSSR count). The van der Waals surface area contributed by atoms with Gasteiger partial charge in [0.2, 0.25) is 0 Å². The van der Waals surface area contributed by atoms with Crippen molar-refractivity contribution in [1.29, 1.82) is 0 Å². The predicted octanol–water partition coefficient (Wildman–Crippen LogP) is 1.68. The van der Waals surface area contributed by atoms with Crippen LogP contribution in [0.3, 0.4) is 0 Å². The van der Waals surface area contributed by atoms with Gasteiger partial charge in [-0.15, -0.1) is 0 Å². The number of aromatic nitrogens is 2. The summed E-state index contributed by atoms with van der Waals surface area (Å²) in [5, 5.41) is 0. The lowest BCUT2D eigenvalue weighted by atomic mass is 10.1. The fourth-order valence-electron chi connectivity index (χ4n) is 2.28. The molecule has 0 aliphatic carbocycles. The van der Waals surface area contributed by atoms with Gasteiger partial charge in [-0.05, 0) is 6.42 Å². The molecule has 4 nitrogen and oxygen atoms in total. The van der Waals surface area contributed by atoms with Crippen molar-refractivity contribution in [2.75, 3.05) is 18.0 Å². The third-order valence-electron chi connectivity index (χ3n) is 3.27. The third-order valence-corrected chi connectivity index (χ3v) is 3.27. The van der Waals surface area contributed by atoms with Gasteiger partial charge in [-0.1, -0.05) is 30.3 Å². The maximum Gasteiger partial charge on any atom is 0.132 e. The normalized spacial score (nSPS) is 19.2. The maximum absolute atomic E-state index is 5.93. The molecule has 0 spiro atoms. The molecule has 0 saturated carbocycles. The van der Waals surface area contributed by atoms with Gasteiger partial charge in [-0.25, -0.2) is 9.97 Å². The second-order valence-corrected chi connectivity index (χ2v) is 4.62. The Labute approximate surface area is 106 Å². The number of nitrogens with two attached hydrogens (primary N) is 1. The molecule has 1 aromatic carbocycles. The Hall–Kier alpha value is -1.94. The number of hydrogen-bond acceptors (Lipinski definition) is 4. The first-order valence-electron chi connectivity index (χ1n) is 6.21. The van der Waals surface area contributed by atoms with Crippen LogP contribution in [0.25, 0.3) is 11.3 Å². The standard InChI is InChI=1S/C14H16N4/c15-12-6-7-18(9-12)14-8-13(16-10-17-14)11-4-2-1-3-5-11/h1-5,8,10,12H,6-7,9,15H2. The largest absolute Gasteiger partial charge is 0.355 e. The van der Waals surface area contributed by atoms with Crippen LogP contribution in [-0.2, 0) is 0 Å². The van der Waals surface area contributed by atoms with E-state index in [0.717, 1.165) is 36.6 Å². The third kappa shape index (κ3) is 2.19. The lowest BCUT2D eigenvalue weighted by molar-refractivity contribution is 0.751. The van der Waals surface area contributed by atoms with E-state index >= 15 is 0 Å². The average molecular weight is 240 g/mol. The van der Waals surface area contributed by atoms with Gasteiger partial charge in [-0.2, -0.15) is 0 Å². The molecule has 0 bridgehead atoms. The zero-order chi connectivity index (χ0) is 12.4. The van der Waals surface area contributed by atoms with Crippen molar-refractivity contribution in [3.05, 3.63) is 42.7 Å². The number of anilines is 1. The van der Waals surface area contributed by atoms with Crippen molar-refractivity contribution in [2.45, 2.75) is 12.5 Å². The fraction of sp³-hybridized carbons (Fsp3) is 0.286. The SMILES string of the molecule is NC1CCN(c2cc(-c3ccccc3)ncn2)C1. The summed E-state index contributed by atoms with van der Waals surface area (Å²) in [7, 11) is 0. The van der Waals surface area contributed by atoms with E-state index in [1.165, 1.54) is 0 Å². The fourth-order valence-corrected chi connectivity index (χ4v) is 2.28. The summed E-state index contributed by atoms with van der Waals surface area (Å²) in [6.07, 6.45) is 2.66. The first-order valence-corrected chi connectivity index (χ1v) is 6.21. The van der Waals surface area contributed by atoms with Crippen LogP contribution in [0.1, 0.15) is 6.42 Å². The van der Waals surface area contributed by atoms with Gasteiger partial charge in [0.25, 0.3) is 0 Å². The van der Waals surface area contributed by atoms with Crippen molar-refractivity contribution in [1.82, 2.24) is 9.97 Å². The highest BCUT2D eigenvalue weighted by molar-refractivity contribution is 5.62. The van der Waals surface area contributed by atoms with Gasteiger partial charge in [0, 0.05) is 30.8 Å². The number of nitrogens with zero attached hydrogens (tertiary/aromatic N) is 3. The molecule has 2 aromatic rings. The highest BCUT2D eigenvalue weighted by Gasteiger charge is 2.20. The summed E-state index contributed by atoms with van der Waals surface area (Å²) in [5.41, 5.74) is 8.00. The van der Waals surface area contributed by atoms with Crippen LogP contribution in [0.4, 0.5) is 5.82 Å². The smallest absolute Gasteiger partial charge is 0.132 e. The Balaban J connectivity index is 1.90. The minimum Gasteiger partial charge on any atom is -0.355 e. The van der Waals surface area contributed by atoms with E-state index < -0.39 is 0 Å². The van der Waals surface area contributed by atoms with Gasteiger partial charge in [0.05, 0.1) is 5.69 Å². The van der Waals surface area contributed by atoms with Crippen molar-refractivity contribution < 1.29 is 0 Å². The molecular formula is C14H16N4. The van der Waals surface area contributed by atoms with Crippen LogP contribution >= 0.6 is 0 Å². The summed E-state index contributed by atoms with van der Waals surface area (Å²) in [5.74, 6) is 0.969. The Morgan fingerprint density at radius 2 is 2.00 bits per heavy atom. The van der Waals surface area contributed by atoms with Crippen LogP contribution in [-0.4, -0.2) is 29.1 Å². The van der Waals surface area contributed by atoms with Crippen molar-refractivity contribution in [2.24, 2.45) is 5.73 Å². The highest BCUT2D eigenvalue weighted by atomic mass is 15.2. The van der Waals surface area contributed by atoms with Gasteiger partial charge in [0.15, 0.2) is 0 Å². The van der Waals surface area contributed by atoms with Gasteiger partial charge < -0.3 is 10.6 Å².